The first kappa shape index (κ1) is 23.2. The second-order valence-corrected chi connectivity index (χ2v) is 7.17. The summed E-state index contributed by atoms with van der Waals surface area (Å²) in [5.74, 6) is 0.997. The van der Waals surface area contributed by atoms with Crippen LogP contribution < -0.4 is 5.32 Å². The van der Waals surface area contributed by atoms with Crippen molar-refractivity contribution in [1.82, 2.24) is 20.0 Å². The molecule has 8 heteroatoms. The van der Waals surface area contributed by atoms with Gasteiger partial charge < -0.3 is 15.0 Å². The molecule has 1 atom stereocenters. The van der Waals surface area contributed by atoms with Crippen LogP contribution in [0.25, 0.3) is 0 Å². The molecule has 26 heavy (non-hydrogen) atoms. The first-order valence-electron chi connectivity index (χ1n) is 9.23. The van der Waals surface area contributed by atoms with Crippen molar-refractivity contribution in [3.05, 3.63) is 17.5 Å². The van der Waals surface area contributed by atoms with Gasteiger partial charge in [-0.05, 0) is 58.2 Å². The molecule has 2 fully saturated rings. The Bertz CT molecular complexity index is 561. The first-order valence-corrected chi connectivity index (χ1v) is 9.23. The van der Waals surface area contributed by atoms with Crippen molar-refractivity contribution in [1.29, 1.82) is 0 Å². The third-order valence-corrected chi connectivity index (χ3v) is 5.20. The van der Waals surface area contributed by atoms with Crippen molar-refractivity contribution in [3.8, 4) is 0 Å². The summed E-state index contributed by atoms with van der Waals surface area (Å²) in [5.41, 5.74) is 2.17. The monoisotopic (exact) mass is 406 g/mol. The van der Waals surface area contributed by atoms with Crippen LogP contribution in [0.2, 0.25) is 0 Å². The number of nitrogens with one attached hydrogen (secondary N) is 1. The van der Waals surface area contributed by atoms with Gasteiger partial charge in [0.1, 0.15) is 0 Å². The van der Waals surface area contributed by atoms with E-state index in [4.69, 9.17) is 4.74 Å². The van der Waals surface area contributed by atoms with E-state index in [2.05, 4.69) is 23.4 Å². The zero-order valence-electron chi connectivity index (χ0n) is 15.8. The molecule has 0 spiro atoms. The first-order chi connectivity index (χ1) is 11.6. The Labute approximate surface area is 168 Å². The summed E-state index contributed by atoms with van der Waals surface area (Å²) in [6, 6.07) is 2.07. The van der Waals surface area contributed by atoms with Crippen LogP contribution in [0.1, 0.15) is 37.1 Å². The normalized spacial score (nSPS) is 21.0. The van der Waals surface area contributed by atoms with E-state index in [-0.39, 0.29) is 36.8 Å². The van der Waals surface area contributed by atoms with Crippen LogP contribution in [0.3, 0.4) is 0 Å². The number of carbonyl (C=O) groups is 1. The number of hydrogen-bond acceptors (Lipinski definition) is 4. The molecule has 0 aromatic carbocycles. The van der Waals surface area contributed by atoms with Crippen LogP contribution in [0.4, 0.5) is 0 Å². The van der Waals surface area contributed by atoms with Gasteiger partial charge in [-0.2, -0.15) is 5.10 Å². The van der Waals surface area contributed by atoms with E-state index in [1.165, 1.54) is 12.8 Å². The Kier molecular flexibility index (Phi) is 9.93. The maximum Gasteiger partial charge on any atom is 0.222 e. The third kappa shape index (κ3) is 6.41. The van der Waals surface area contributed by atoms with E-state index in [9.17, 15) is 4.79 Å². The molecule has 2 aliphatic heterocycles. The van der Waals surface area contributed by atoms with Crippen molar-refractivity contribution >= 4 is 30.7 Å². The van der Waals surface area contributed by atoms with Gasteiger partial charge >= 0.3 is 0 Å². The molecule has 0 bridgehead atoms. The molecule has 1 aromatic heterocycles. The molecule has 2 saturated heterocycles. The predicted molar refractivity (Wildman–Crippen MR) is 107 cm³/mol. The Morgan fingerprint density at radius 3 is 2.69 bits per heavy atom. The topological polar surface area (TPSA) is 59.4 Å². The molecular formula is C18H32Cl2N4O2. The third-order valence-electron chi connectivity index (χ3n) is 5.20. The second kappa shape index (κ2) is 11.1. The van der Waals surface area contributed by atoms with E-state index in [1.807, 2.05) is 16.5 Å². The molecule has 0 radical (unpaired) electrons. The Morgan fingerprint density at radius 2 is 2.04 bits per heavy atom. The van der Waals surface area contributed by atoms with Crippen LogP contribution in [0.15, 0.2) is 6.07 Å². The summed E-state index contributed by atoms with van der Waals surface area (Å²) in [4.78, 5) is 14.5. The fraction of sp³-hybridized carbons (Fsp3) is 0.778. The van der Waals surface area contributed by atoms with E-state index < -0.39 is 0 Å². The number of piperidine rings is 1. The smallest absolute Gasteiger partial charge is 0.222 e. The Hall–Kier alpha value is -0.820. The maximum atomic E-state index is 12.5. The fourth-order valence-electron chi connectivity index (χ4n) is 3.77. The number of aryl methyl sites for hydroxylation is 2. The minimum atomic E-state index is 0. The van der Waals surface area contributed by atoms with Gasteiger partial charge in [0, 0.05) is 25.2 Å². The number of morpholine rings is 1. The Morgan fingerprint density at radius 1 is 1.31 bits per heavy atom. The van der Waals surface area contributed by atoms with E-state index in [1.54, 1.807) is 0 Å². The lowest BCUT2D eigenvalue weighted by atomic mass is 9.93. The molecule has 3 heterocycles. The fourth-order valence-corrected chi connectivity index (χ4v) is 3.77. The molecule has 3 rings (SSSR count). The molecule has 150 valence electrons. The summed E-state index contributed by atoms with van der Waals surface area (Å²) in [6.07, 6.45) is 4.16. The lowest BCUT2D eigenvalue weighted by molar-refractivity contribution is -0.139. The molecule has 1 aromatic rings. The molecule has 1 amide bonds. The lowest BCUT2D eigenvalue weighted by Crippen LogP contribution is -2.47. The number of rotatable bonds is 5. The minimum absolute atomic E-state index is 0. The van der Waals surface area contributed by atoms with E-state index in [0.717, 1.165) is 44.0 Å². The molecule has 1 N–H and O–H groups in total. The van der Waals surface area contributed by atoms with Gasteiger partial charge in [0.15, 0.2) is 0 Å². The summed E-state index contributed by atoms with van der Waals surface area (Å²) in [5, 5.41) is 7.88. The van der Waals surface area contributed by atoms with Crippen molar-refractivity contribution in [2.75, 3.05) is 32.8 Å². The molecule has 1 unspecified atom stereocenters. The van der Waals surface area contributed by atoms with Crippen LogP contribution >= 0.6 is 24.8 Å². The highest BCUT2D eigenvalue weighted by atomic mass is 35.5. The highest BCUT2D eigenvalue weighted by Gasteiger charge is 2.25. The number of ether oxygens (including phenoxy) is 1. The van der Waals surface area contributed by atoms with Crippen molar-refractivity contribution in [2.45, 2.75) is 52.2 Å². The number of amides is 1. The van der Waals surface area contributed by atoms with Gasteiger partial charge in [-0.3, -0.25) is 9.48 Å². The molecule has 6 nitrogen and oxygen atoms in total. The standard InChI is InChI=1S/C18H30N4O2.2ClH/c1-14-11-15(2)22(20-14)13-17-12-21(9-10-24-17)18(23)4-3-16-5-7-19-8-6-16;;/h11,16-17,19H,3-10,12-13H2,1-2H3;2*1H. The number of nitrogens with zero attached hydrogens (tertiary/aromatic N) is 3. The van der Waals surface area contributed by atoms with E-state index in [0.29, 0.717) is 25.5 Å². The van der Waals surface area contributed by atoms with Crippen molar-refractivity contribution < 1.29 is 9.53 Å². The van der Waals surface area contributed by atoms with Crippen molar-refractivity contribution in [2.24, 2.45) is 5.92 Å². The van der Waals surface area contributed by atoms with Gasteiger partial charge in [-0.25, -0.2) is 0 Å². The quantitative estimate of drug-likeness (QED) is 0.814. The SMILES string of the molecule is Cc1cc(C)n(CC2CN(C(=O)CCC3CCNCC3)CCO2)n1.Cl.Cl. The molecular weight excluding hydrogens is 375 g/mol. The summed E-state index contributed by atoms with van der Waals surface area (Å²) >= 11 is 0. The van der Waals surface area contributed by atoms with Gasteiger partial charge in [0.2, 0.25) is 5.91 Å². The van der Waals surface area contributed by atoms with Crippen LogP contribution in [-0.4, -0.2) is 59.5 Å². The van der Waals surface area contributed by atoms with E-state index >= 15 is 0 Å². The van der Waals surface area contributed by atoms with Gasteiger partial charge in [0.25, 0.3) is 0 Å². The summed E-state index contributed by atoms with van der Waals surface area (Å²) in [6.45, 7) is 9.01. The van der Waals surface area contributed by atoms with Crippen LogP contribution in [0, 0.1) is 19.8 Å². The highest BCUT2D eigenvalue weighted by molar-refractivity contribution is 5.85. The van der Waals surface area contributed by atoms with Gasteiger partial charge in [-0.15, -0.1) is 24.8 Å². The average molecular weight is 407 g/mol. The zero-order chi connectivity index (χ0) is 16.9. The number of hydrogen-bond donors (Lipinski definition) is 1. The van der Waals surface area contributed by atoms with Crippen LogP contribution in [0.5, 0.6) is 0 Å². The number of carbonyl (C=O) groups excluding carboxylic acids is 1. The van der Waals surface area contributed by atoms with Gasteiger partial charge in [0.05, 0.1) is 24.9 Å². The number of halogens is 2. The van der Waals surface area contributed by atoms with Crippen LogP contribution in [-0.2, 0) is 16.1 Å². The average Bonchev–Trinajstić information content (AvgIpc) is 2.91. The highest BCUT2D eigenvalue weighted by Crippen LogP contribution is 2.19. The Balaban J connectivity index is 0.00000169. The largest absolute Gasteiger partial charge is 0.373 e. The van der Waals surface area contributed by atoms with Gasteiger partial charge in [-0.1, -0.05) is 0 Å². The molecule has 0 aliphatic carbocycles. The summed E-state index contributed by atoms with van der Waals surface area (Å²) < 4.78 is 7.85. The minimum Gasteiger partial charge on any atom is -0.373 e. The zero-order valence-corrected chi connectivity index (χ0v) is 17.4. The predicted octanol–water partition coefficient (Wildman–Crippen LogP) is 2.35. The molecule has 2 aliphatic rings. The molecule has 0 saturated carbocycles. The second-order valence-electron chi connectivity index (χ2n) is 7.17. The van der Waals surface area contributed by atoms with Crippen molar-refractivity contribution in [3.63, 3.8) is 0 Å². The lowest BCUT2D eigenvalue weighted by Gasteiger charge is -2.33. The maximum absolute atomic E-state index is 12.5. The summed E-state index contributed by atoms with van der Waals surface area (Å²) in [7, 11) is 0. The number of aromatic nitrogens is 2.